The van der Waals surface area contributed by atoms with Gasteiger partial charge in [0.05, 0.1) is 17.7 Å². The van der Waals surface area contributed by atoms with Crippen LogP contribution in [0.3, 0.4) is 0 Å². The van der Waals surface area contributed by atoms with Gasteiger partial charge in [-0.05, 0) is 12.1 Å². The average Bonchev–Trinajstić information content (AvgIpc) is 2.54. The number of aliphatic hydroxyl groups is 4. The van der Waals surface area contributed by atoms with Crippen molar-refractivity contribution < 1.29 is 39.9 Å². The molecular formula is C14H17NO8. The molecule has 0 unspecified atom stereocenters. The summed E-state index contributed by atoms with van der Waals surface area (Å²) in [5.41, 5.74) is -0.419. The summed E-state index contributed by atoms with van der Waals surface area (Å²) in [7, 11) is 0. The summed E-state index contributed by atoms with van der Waals surface area (Å²) in [6, 6.07) is 4.03. The van der Waals surface area contributed by atoms with E-state index >= 15 is 0 Å². The molecule has 1 fully saturated rings. The highest BCUT2D eigenvalue weighted by Crippen LogP contribution is 2.20. The van der Waals surface area contributed by atoms with Crippen LogP contribution in [0.25, 0.3) is 0 Å². The molecule has 1 saturated heterocycles. The molecule has 5 atom stereocenters. The van der Waals surface area contributed by atoms with E-state index in [1.165, 1.54) is 24.3 Å². The fourth-order valence-electron chi connectivity index (χ4n) is 2.35. The van der Waals surface area contributed by atoms with Crippen molar-refractivity contribution in [2.75, 3.05) is 6.61 Å². The van der Waals surface area contributed by atoms with Gasteiger partial charge < -0.3 is 35.6 Å². The number of nitrogens with one attached hydrogen (secondary N) is 1. The van der Waals surface area contributed by atoms with Gasteiger partial charge in [0.15, 0.2) is 6.29 Å². The summed E-state index contributed by atoms with van der Waals surface area (Å²) in [6.07, 6.45) is -5.99. The van der Waals surface area contributed by atoms with E-state index in [9.17, 15) is 24.9 Å². The van der Waals surface area contributed by atoms with Gasteiger partial charge in [0, 0.05) is 0 Å². The third-order valence-electron chi connectivity index (χ3n) is 3.60. The lowest BCUT2D eigenvalue weighted by atomic mass is 9.96. The summed E-state index contributed by atoms with van der Waals surface area (Å²) in [5.74, 6) is -2.17. The van der Waals surface area contributed by atoms with E-state index in [1.807, 2.05) is 0 Å². The van der Waals surface area contributed by atoms with Gasteiger partial charge in [-0.15, -0.1) is 0 Å². The Labute approximate surface area is 130 Å². The number of carboxylic acids is 1. The van der Waals surface area contributed by atoms with Crippen LogP contribution in [0.15, 0.2) is 24.3 Å². The summed E-state index contributed by atoms with van der Waals surface area (Å²) >= 11 is 0. The minimum absolute atomic E-state index is 0.168. The Balaban J connectivity index is 2.19. The average molecular weight is 327 g/mol. The van der Waals surface area contributed by atoms with Crippen molar-refractivity contribution in [2.24, 2.45) is 0 Å². The predicted octanol–water partition coefficient (Wildman–Crippen LogP) is -2.09. The Hall–Kier alpha value is -2.04. The molecule has 0 spiro atoms. The zero-order chi connectivity index (χ0) is 17.1. The van der Waals surface area contributed by atoms with Crippen molar-refractivity contribution in [3.63, 3.8) is 0 Å². The molecule has 23 heavy (non-hydrogen) atoms. The number of benzene rings is 1. The second kappa shape index (κ2) is 7.02. The lowest BCUT2D eigenvalue weighted by Crippen LogP contribution is -2.64. The lowest BCUT2D eigenvalue weighted by Gasteiger charge is -2.40. The first kappa shape index (κ1) is 17.3. The van der Waals surface area contributed by atoms with Crippen LogP contribution in [0.2, 0.25) is 0 Å². The Bertz CT molecular complexity index is 592. The van der Waals surface area contributed by atoms with E-state index in [0.717, 1.165) is 0 Å². The fraction of sp³-hybridized carbons (Fsp3) is 0.429. The van der Waals surface area contributed by atoms with Gasteiger partial charge in [-0.25, -0.2) is 4.79 Å². The molecule has 0 bridgehead atoms. The number of ether oxygens (including phenoxy) is 1. The maximum atomic E-state index is 12.2. The molecule has 2 rings (SSSR count). The van der Waals surface area contributed by atoms with Gasteiger partial charge in [-0.2, -0.15) is 0 Å². The number of carboxylic acid groups (broad SMARTS) is 1. The number of carbonyl (C=O) groups excluding carboxylic acids is 1. The Morgan fingerprint density at radius 1 is 1.09 bits per heavy atom. The van der Waals surface area contributed by atoms with Crippen LogP contribution in [0.1, 0.15) is 20.7 Å². The molecule has 0 saturated carbocycles. The van der Waals surface area contributed by atoms with Crippen molar-refractivity contribution in [3.05, 3.63) is 35.4 Å². The molecule has 1 amide bonds. The fourth-order valence-corrected chi connectivity index (χ4v) is 2.35. The van der Waals surface area contributed by atoms with Crippen molar-refractivity contribution in [2.45, 2.75) is 30.6 Å². The maximum Gasteiger partial charge on any atom is 0.336 e. The number of hydrogen-bond acceptors (Lipinski definition) is 7. The Morgan fingerprint density at radius 2 is 1.70 bits per heavy atom. The molecule has 1 aromatic rings. The number of aliphatic hydroxyl groups excluding tert-OH is 4. The van der Waals surface area contributed by atoms with Crippen LogP contribution in [-0.4, -0.2) is 74.7 Å². The van der Waals surface area contributed by atoms with E-state index in [-0.39, 0.29) is 11.1 Å². The summed E-state index contributed by atoms with van der Waals surface area (Å²) in [6.45, 7) is -0.627. The van der Waals surface area contributed by atoms with Crippen molar-refractivity contribution in [1.29, 1.82) is 0 Å². The molecule has 0 radical (unpaired) electrons. The molecule has 9 nitrogen and oxygen atoms in total. The summed E-state index contributed by atoms with van der Waals surface area (Å²) in [5, 5.41) is 49.8. The first-order valence-corrected chi connectivity index (χ1v) is 6.80. The molecule has 0 aromatic heterocycles. The molecule has 1 aliphatic rings. The zero-order valence-electron chi connectivity index (χ0n) is 11.9. The monoisotopic (exact) mass is 327 g/mol. The number of rotatable bonds is 4. The Morgan fingerprint density at radius 3 is 2.26 bits per heavy atom. The first-order valence-electron chi connectivity index (χ1n) is 6.80. The van der Waals surface area contributed by atoms with Gasteiger partial charge in [0.1, 0.15) is 24.4 Å². The molecule has 126 valence electrons. The smallest absolute Gasteiger partial charge is 0.336 e. The minimum atomic E-state index is -1.67. The second-order valence-corrected chi connectivity index (χ2v) is 5.08. The number of aromatic carboxylic acids is 1. The molecule has 1 aliphatic heterocycles. The number of carbonyl (C=O) groups is 2. The van der Waals surface area contributed by atoms with Crippen molar-refractivity contribution >= 4 is 11.9 Å². The molecule has 0 aliphatic carbocycles. The quantitative estimate of drug-likeness (QED) is 0.368. The van der Waals surface area contributed by atoms with E-state index in [1.54, 1.807) is 0 Å². The normalized spacial score (nSPS) is 30.7. The molecule has 1 heterocycles. The largest absolute Gasteiger partial charge is 0.478 e. The predicted molar refractivity (Wildman–Crippen MR) is 74.6 cm³/mol. The van der Waals surface area contributed by atoms with Crippen LogP contribution in [0.5, 0.6) is 0 Å². The highest BCUT2D eigenvalue weighted by molar-refractivity contribution is 6.04. The lowest BCUT2D eigenvalue weighted by molar-refractivity contribution is -0.252. The van der Waals surface area contributed by atoms with Crippen LogP contribution >= 0.6 is 0 Å². The molecule has 6 N–H and O–H groups in total. The third-order valence-corrected chi connectivity index (χ3v) is 3.60. The van der Waals surface area contributed by atoms with E-state index in [4.69, 9.17) is 14.9 Å². The Kier molecular flexibility index (Phi) is 5.29. The molecule has 9 heteroatoms. The summed E-state index contributed by atoms with van der Waals surface area (Å²) in [4.78, 5) is 23.3. The number of hydrogen-bond donors (Lipinski definition) is 6. The van der Waals surface area contributed by atoms with E-state index < -0.39 is 49.1 Å². The topological polar surface area (TPSA) is 157 Å². The van der Waals surface area contributed by atoms with E-state index in [0.29, 0.717) is 0 Å². The van der Waals surface area contributed by atoms with Crippen LogP contribution in [0.4, 0.5) is 0 Å². The highest BCUT2D eigenvalue weighted by atomic mass is 16.6. The maximum absolute atomic E-state index is 12.2. The van der Waals surface area contributed by atoms with Crippen LogP contribution in [-0.2, 0) is 4.74 Å². The standard InChI is InChI=1S/C14H17NO8/c16-5-8-10(17)11(18)9(14(22)23-8)15-12(19)6-3-1-2-4-7(6)13(20)21/h1-4,8-11,14,16-18,22H,5H2,(H,15,19)(H,20,21)/t8-,9+,10+,11-,14-/m0/s1. The highest BCUT2D eigenvalue weighted by Gasteiger charge is 2.44. The minimum Gasteiger partial charge on any atom is -0.478 e. The first-order chi connectivity index (χ1) is 10.9. The van der Waals surface area contributed by atoms with Gasteiger partial charge in [0.2, 0.25) is 0 Å². The second-order valence-electron chi connectivity index (χ2n) is 5.08. The molecule has 1 aromatic carbocycles. The van der Waals surface area contributed by atoms with E-state index in [2.05, 4.69) is 5.32 Å². The summed E-state index contributed by atoms with van der Waals surface area (Å²) < 4.78 is 4.91. The van der Waals surface area contributed by atoms with Gasteiger partial charge in [-0.3, -0.25) is 4.79 Å². The third kappa shape index (κ3) is 3.49. The van der Waals surface area contributed by atoms with Crippen molar-refractivity contribution in [3.8, 4) is 0 Å². The SMILES string of the molecule is O=C(O)c1ccccc1C(=O)N[C@@H]1[C@H](O)[C@H](O)[C@H](CO)O[C@@H]1O. The van der Waals surface area contributed by atoms with Crippen LogP contribution in [0, 0.1) is 0 Å². The molecular weight excluding hydrogens is 310 g/mol. The van der Waals surface area contributed by atoms with Gasteiger partial charge in [-0.1, -0.05) is 12.1 Å². The number of amides is 1. The van der Waals surface area contributed by atoms with Gasteiger partial charge in [0.25, 0.3) is 5.91 Å². The van der Waals surface area contributed by atoms with Gasteiger partial charge >= 0.3 is 5.97 Å². The zero-order valence-corrected chi connectivity index (χ0v) is 11.9. The van der Waals surface area contributed by atoms with Crippen LogP contribution < -0.4 is 5.32 Å². The van der Waals surface area contributed by atoms with Crippen molar-refractivity contribution in [1.82, 2.24) is 5.32 Å².